The van der Waals surface area contributed by atoms with E-state index in [0.717, 1.165) is 0 Å². The Morgan fingerprint density at radius 1 is 1.50 bits per heavy atom. The van der Waals surface area contributed by atoms with Gasteiger partial charge in [0.05, 0.1) is 4.75 Å². The van der Waals surface area contributed by atoms with Crippen molar-refractivity contribution in [3.05, 3.63) is 0 Å². The SMILES string of the molecule is C[C@H](NC(=O)C(C)(C)S)C(=O)O. The van der Waals surface area contributed by atoms with Gasteiger partial charge in [-0.3, -0.25) is 9.59 Å². The number of hydrogen-bond donors (Lipinski definition) is 3. The highest BCUT2D eigenvalue weighted by Crippen LogP contribution is 2.11. The first kappa shape index (κ1) is 11.3. The van der Waals surface area contributed by atoms with Crippen molar-refractivity contribution in [1.82, 2.24) is 5.32 Å². The van der Waals surface area contributed by atoms with Crippen molar-refractivity contribution in [3.63, 3.8) is 0 Å². The molecule has 0 spiro atoms. The van der Waals surface area contributed by atoms with E-state index in [1.54, 1.807) is 13.8 Å². The molecule has 0 bridgehead atoms. The van der Waals surface area contributed by atoms with Gasteiger partial charge in [-0.2, -0.15) is 12.6 Å². The molecule has 0 aliphatic carbocycles. The minimum Gasteiger partial charge on any atom is -0.480 e. The number of thiol groups is 1. The number of carboxylic acids is 1. The molecule has 0 saturated heterocycles. The number of rotatable bonds is 3. The van der Waals surface area contributed by atoms with Crippen molar-refractivity contribution in [2.45, 2.75) is 31.6 Å². The van der Waals surface area contributed by atoms with Gasteiger partial charge in [0.1, 0.15) is 6.04 Å². The van der Waals surface area contributed by atoms with Crippen LogP contribution in [0.1, 0.15) is 20.8 Å². The van der Waals surface area contributed by atoms with E-state index in [-0.39, 0.29) is 5.91 Å². The summed E-state index contributed by atoms with van der Waals surface area (Å²) in [4.78, 5) is 21.5. The molecule has 0 aromatic carbocycles. The Balaban J connectivity index is 4.11. The Morgan fingerprint density at radius 3 is 2.17 bits per heavy atom. The minimum absolute atomic E-state index is 0.388. The van der Waals surface area contributed by atoms with Crippen molar-refractivity contribution in [2.75, 3.05) is 0 Å². The van der Waals surface area contributed by atoms with Crippen LogP contribution in [0, 0.1) is 0 Å². The molecule has 4 nitrogen and oxygen atoms in total. The molecule has 1 amide bonds. The van der Waals surface area contributed by atoms with Crippen LogP contribution in [0.3, 0.4) is 0 Å². The standard InChI is InChI=1S/C7H13NO3S/c1-4(5(9)10)8-6(11)7(2,3)12/h4,12H,1-3H3,(H,8,11)(H,9,10)/t4-/m0/s1. The summed E-state index contributed by atoms with van der Waals surface area (Å²) in [6.45, 7) is 4.60. The van der Waals surface area contributed by atoms with Gasteiger partial charge in [-0.1, -0.05) is 0 Å². The highest BCUT2D eigenvalue weighted by molar-refractivity contribution is 7.82. The number of carbonyl (C=O) groups excluding carboxylic acids is 1. The molecule has 0 saturated carbocycles. The van der Waals surface area contributed by atoms with E-state index in [1.165, 1.54) is 6.92 Å². The smallest absolute Gasteiger partial charge is 0.325 e. The lowest BCUT2D eigenvalue weighted by atomic mass is 10.2. The summed E-state index contributed by atoms with van der Waals surface area (Å²) in [5.74, 6) is -1.44. The van der Waals surface area contributed by atoms with Crippen molar-refractivity contribution in [1.29, 1.82) is 0 Å². The normalized spacial score (nSPS) is 13.7. The Labute approximate surface area is 76.8 Å². The van der Waals surface area contributed by atoms with Crippen LogP contribution in [0.2, 0.25) is 0 Å². The molecule has 0 aliphatic rings. The fourth-order valence-electron chi connectivity index (χ4n) is 0.435. The lowest BCUT2D eigenvalue weighted by Gasteiger charge is -2.18. The van der Waals surface area contributed by atoms with Crippen LogP contribution in [0.15, 0.2) is 0 Å². The van der Waals surface area contributed by atoms with E-state index in [1.807, 2.05) is 0 Å². The molecule has 12 heavy (non-hydrogen) atoms. The molecular formula is C7H13NO3S. The van der Waals surface area contributed by atoms with Crippen LogP contribution < -0.4 is 5.32 Å². The molecule has 0 aromatic heterocycles. The van der Waals surface area contributed by atoms with Crippen LogP contribution in [-0.2, 0) is 9.59 Å². The fraction of sp³-hybridized carbons (Fsp3) is 0.714. The monoisotopic (exact) mass is 191 g/mol. The van der Waals surface area contributed by atoms with E-state index in [2.05, 4.69) is 17.9 Å². The second kappa shape index (κ2) is 3.80. The molecular weight excluding hydrogens is 178 g/mol. The molecule has 1 atom stereocenters. The third-order valence-electron chi connectivity index (χ3n) is 1.27. The predicted molar refractivity (Wildman–Crippen MR) is 48.3 cm³/mol. The third kappa shape index (κ3) is 3.61. The first-order chi connectivity index (χ1) is 5.25. The highest BCUT2D eigenvalue weighted by atomic mass is 32.1. The number of carboxylic acid groups (broad SMARTS) is 1. The lowest BCUT2D eigenvalue weighted by molar-refractivity contribution is -0.141. The molecule has 2 N–H and O–H groups in total. The maximum atomic E-state index is 11.1. The van der Waals surface area contributed by atoms with Gasteiger partial charge in [0.2, 0.25) is 5.91 Å². The second-order valence-corrected chi connectivity index (χ2v) is 4.21. The summed E-state index contributed by atoms with van der Waals surface area (Å²) in [5, 5.41) is 10.8. The number of hydrogen-bond acceptors (Lipinski definition) is 3. The van der Waals surface area contributed by atoms with Crippen molar-refractivity contribution >= 4 is 24.5 Å². The minimum atomic E-state index is -1.05. The summed E-state index contributed by atoms with van der Waals surface area (Å²) in [5.41, 5.74) is 0. The largest absolute Gasteiger partial charge is 0.480 e. The van der Waals surface area contributed by atoms with Gasteiger partial charge in [0.25, 0.3) is 0 Å². The van der Waals surface area contributed by atoms with E-state index < -0.39 is 16.8 Å². The fourth-order valence-corrected chi connectivity index (χ4v) is 0.500. The number of nitrogens with one attached hydrogen (secondary N) is 1. The molecule has 70 valence electrons. The van der Waals surface area contributed by atoms with Gasteiger partial charge < -0.3 is 10.4 Å². The van der Waals surface area contributed by atoms with Crippen molar-refractivity contribution in [2.24, 2.45) is 0 Å². The van der Waals surface area contributed by atoms with Gasteiger partial charge in [-0.25, -0.2) is 0 Å². The van der Waals surface area contributed by atoms with E-state index in [4.69, 9.17) is 5.11 Å². The van der Waals surface area contributed by atoms with Gasteiger partial charge >= 0.3 is 5.97 Å². The first-order valence-corrected chi connectivity index (χ1v) is 3.96. The quantitative estimate of drug-likeness (QED) is 0.561. The average molecular weight is 191 g/mol. The molecule has 0 aromatic rings. The van der Waals surface area contributed by atoms with E-state index in [0.29, 0.717) is 0 Å². The summed E-state index contributed by atoms with van der Waals surface area (Å²) in [7, 11) is 0. The van der Waals surface area contributed by atoms with E-state index in [9.17, 15) is 9.59 Å². The molecule has 0 aliphatic heterocycles. The molecule has 5 heteroatoms. The lowest BCUT2D eigenvalue weighted by Crippen LogP contribution is -2.45. The zero-order valence-electron chi connectivity index (χ0n) is 7.29. The first-order valence-electron chi connectivity index (χ1n) is 3.51. The van der Waals surface area contributed by atoms with Crippen molar-refractivity contribution < 1.29 is 14.7 Å². The molecule has 0 rings (SSSR count). The summed E-state index contributed by atoms with van der Waals surface area (Å²) in [6.07, 6.45) is 0. The Morgan fingerprint density at radius 2 is 1.92 bits per heavy atom. The van der Waals surface area contributed by atoms with E-state index >= 15 is 0 Å². The van der Waals surface area contributed by atoms with Crippen LogP contribution in [0.5, 0.6) is 0 Å². The Hall–Kier alpha value is -0.710. The van der Waals surface area contributed by atoms with Crippen molar-refractivity contribution in [3.8, 4) is 0 Å². The van der Waals surface area contributed by atoms with Crippen LogP contribution >= 0.6 is 12.6 Å². The zero-order valence-corrected chi connectivity index (χ0v) is 8.18. The number of aliphatic carboxylic acids is 1. The summed E-state index contributed by atoms with van der Waals surface area (Å²) >= 11 is 3.99. The topological polar surface area (TPSA) is 66.4 Å². The highest BCUT2D eigenvalue weighted by Gasteiger charge is 2.25. The van der Waals surface area contributed by atoms with Crippen LogP contribution in [0.25, 0.3) is 0 Å². The molecule has 0 radical (unpaired) electrons. The van der Waals surface area contributed by atoms with Crippen LogP contribution in [0.4, 0.5) is 0 Å². The average Bonchev–Trinajstić information content (AvgIpc) is 1.85. The summed E-state index contributed by atoms with van der Waals surface area (Å²) < 4.78 is -0.844. The number of amides is 1. The van der Waals surface area contributed by atoms with Gasteiger partial charge in [-0.05, 0) is 20.8 Å². The Bertz CT molecular complexity index is 197. The van der Waals surface area contributed by atoms with Gasteiger partial charge in [-0.15, -0.1) is 0 Å². The molecule has 0 heterocycles. The van der Waals surface area contributed by atoms with Crippen LogP contribution in [-0.4, -0.2) is 27.8 Å². The maximum absolute atomic E-state index is 11.1. The summed E-state index contributed by atoms with van der Waals surface area (Å²) in [6, 6.07) is -0.871. The Kier molecular flexibility index (Phi) is 3.57. The second-order valence-electron chi connectivity index (χ2n) is 3.09. The molecule has 0 fully saturated rings. The van der Waals surface area contributed by atoms with Gasteiger partial charge in [0, 0.05) is 0 Å². The van der Waals surface area contributed by atoms with Gasteiger partial charge in [0.15, 0.2) is 0 Å². The number of carbonyl (C=O) groups is 2. The zero-order chi connectivity index (χ0) is 9.94. The predicted octanol–water partition coefficient (Wildman–Crippen LogP) is 0.284. The molecule has 0 unspecified atom stereocenters. The maximum Gasteiger partial charge on any atom is 0.325 e. The third-order valence-corrected chi connectivity index (χ3v) is 1.48.